The van der Waals surface area contributed by atoms with Crippen LogP contribution < -0.4 is 4.74 Å². The molecule has 1 fully saturated rings. The van der Waals surface area contributed by atoms with E-state index < -0.39 is 0 Å². The van der Waals surface area contributed by atoms with E-state index >= 15 is 0 Å². The number of piperidine rings is 1. The molecule has 1 aliphatic carbocycles. The number of amides is 1. The molecule has 2 atom stereocenters. The van der Waals surface area contributed by atoms with Crippen molar-refractivity contribution < 1.29 is 9.53 Å². The van der Waals surface area contributed by atoms with Gasteiger partial charge in [-0.15, -0.1) is 0 Å². The molecule has 1 aliphatic heterocycles. The minimum atomic E-state index is 0.0446. The Hall–Kier alpha value is -1.51. The molecule has 1 saturated heterocycles. The van der Waals surface area contributed by atoms with Crippen LogP contribution in [0.2, 0.25) is 0 Å². The smallest absolute Gasteiger partial charge is 0.230 e. The number of benzene rings is 1. The number of fused-ring (bicyclic) bond motifs is 1. The van der Waals surface area contributed by atoms with Gasteiger partial charge in [-0.2, -0.15) is 0 Å². The van der Waals surface area contributed by atoms with E-state index in [2.05, 4.69) is 13.0 Å². The second-order valence-electron chi connectivity index (χ2n) is 5.65. The molecule has 3 nitrogen and oxygen atoms in total. The first-order chi connectivity index (χ1) is 9.22. The summed E-state index contributed by atoms with van der Waals surface area (Å²) in [4.78, 5) is 14.7. The van der Waals surface area contributed by atoms with Crippen LogP contribution in [-0.2, 0) is 4.79 Å². The van der Waals surface area contributed by atoms with E-state index in [-0.39, 0.29) is 5.92 Å². The van der Waals surface area contributed by atoms with Gasteiger partial charge in [-0.05, 0) is 48.4 Å². The summed E-state index contributed by atoms with van der Waals surface area (Å²) < 4.78 is 5.27. The average Bonchev–Trinajstić information content (AvgIpc) is 2.47. The first kappa shape index (κ1) is 12.5. The molecular weight excluding hydrogens is 238 g/mol. The molecule has 2 unspecified atom stereocenters. The molecular formula is C16H21NO2. The van der Waals surface area contributed by atoms with Crippen LogP contribution in [-0.4, -0.2) is 31.0 Å². The second-order valence-corrected chi connectivity index (χ2v) is 5.65. The minimum Gasteiger partial charge on any atom is -0.497 e. The van der Waals surface area contributed by atoms with Gasteiger partial charge in [-0.1, -0.05) is 13.0 Å². The fourth-order valence-corrected chi connectivity index (χ4v) is 3.37. The number of ether oxygens (including phenoxy) is 1. The Morgan fingerprint density at radius 3 is 2.63 bits per heavy atom. The highest BCUT2D eigenvalue weighted by molar-refractivity contribution is 5.88. The number of hydrogen-bond donors (Lipinski definition) is 0. The summed E-state index contributed by atoms with van der Waals surface area (Å²) in [6.07, 6.45) is 3.56. The molecule has 1 aromatic rings. The Balaban J connectivity index is 1.82. The van der Waals surface area contributed by atoms with Crippen molar-refractivity contribution in [2.24, 2.45) is 0 Å². The summed E-state index contributed by atoms with van der Waals surface area (Å²) in [5.74, 6) is 1.55. The Kier molecular flexibility index (Phi) is 3.21. The zero-order chi connectivity index (χ0) is 13.4. The maximum atomic E-state index is 12.6. The van der Waals surface area contributed by atoms with Crippen molar-refractivity contribution in [2.75, 3.05) is 20.2 Å². The van der Waals surface area contributed by atoms with Gasteiger partial charge >= 0.3 is 0 Å². The summed E-state index contributed by atoms with van der Waals surface area (Å²) in [5.41, 5.74) is 2.47. The predicted molar refractivity (Wildman–Crippen MR) is 74.6 cm³/mol. The molecule has 0 spiro atoms. The number of methoxy groups -OCH3 is 1. The van der Waals surface area contributed by atoms with E-state index in [1.807, 2.05) is 17.0 Å². The lowest BCUT2D eigenvalue weighted by molar-refractivity contribution is -0.134. The Labute approximate surface area is 114 Å². The molecule has 0 bridgehead atoms. The topological polar surface area (TPSA) is 29.5 Å². The monoisotopic (exact) mass is 259 g/mol. The normalized spacial score (nSPS) is 25.5. The van der Waals surface area contributed by atoms with Gasteiger partial charge in [-0.3, -0.25) is 4.79 Å². The van der Waals surface area contributed by atoms with Crippen LogP contribution in [0.15, 0.2) is 18.2 Å². The molecule has 0 radical (unpaired) electrons. The third kappa shape index (κ3) is 2.01. The summed E-state index contributed by atoms with van der Waals surface area (Å²) in [6.45, 7) is 4.02. The molecule has 3 heteroatoms. The van der Waals surface area contributed by atoms with Crippen molar-refractivity contribution in [2.45, 2.75) is 38.0 Å². The van der Waals surface area contributed by atoms with Crippen LogP contribution in [0.5, 0.6) is 5.75 Å². The van der Waals surface area contributed by atoms with Crippen LogP contribution in [0, 0.1) is 0 Å². The van der Waals surface area contributed by atoms with Crippen molar-refractivity contribution in [3.8, 4) is 5.75 Å². The second kappa shape index (κ2) is 4.87. The highest BCUT2D eigenvalue weighted by Gasteiger charge is 2.41. The molecule has 0 aromatic heterocycles. The van der Waals surface area contributed by atoms with Gasteiger partial charge in [0.25, 0.3) is 0 Å². The van der Waals surface area contributed by atoms with Gasteiger partial charge in [0.1, 0.15) is 5.75 Å². The molecule has 1 aromatic carbocycles. The number of nitrogens with zero attached hydrogens (tertiary/aromatic N) is 1. The summed E-state index contributed by atoms with van der Waals surface area (Å²) in [5, 5.41) is 0. The van der Waals surface area contributed by atoms with Crippen molar-refractivity contribution >= 4 is 5.91 Å². The molecule has 0 N–H and O–H groups in total. The van der Waals surface area contributed by atoms with E-state index in [0.29, 0.717) is 11.8 Å². The van der Waals surface area contributed by atoms with Crippen LogP contribution in [0.3, 0.4) is 0 Å². The van der Waals surface area contributed by atoms with Gasteiger partial charge in [0.05, 0.1) is 13.0 Å². The number of carbonyl (C=O) groups is 1. The molecule has 102 valence electrons. The van der Waals surface area contributed by atoms with Crippen LogP contribution in [0.25, 0.3) is 0 Å². The van der Waals surface area contributed by atoms with Crippen LogP contribution >= 0.6 is 0 Å². The third-order valence-corrected chi connectivity index (χ3v) is 4.55. The maximum absolute atomic E-state index is 12.6. The first-order valence-electron chi connectivity index (χ1n) is 7.19. The largest absolute Gasteiger partial charge is 0.497 e. The van der Waals surface area contributed by atoms with Gasteiger partial charge in [-0.25, -0.2) is 0 Å². The quantitative estimate of drug-likeness (QED) is 0.817. The van der Waals surface area contributed by atoms with Crippen LogP contribution in [0.1, 0.15) is 49.1 Å². The van der Waals surface area contributed by atoms with Crippen molar-refractivity contribution in [1.82, 2.24) is 4.90 Å². The molecule has 1 amide bonds. The Morgan fingerprint density at radius 2 is 1.95 bits per heavy atom. The number of hydrogen-bond acceptors (Lipinski definition) is 2. The molecule has 2 aliphatic rings. The van der Waals surface area contributed by atoms with Gasteiger partial charge in [0.2, 0.25) is 5.91 Å². The third-order valence-electron chi connectivity index (χ3n) is 4.55. The first-order valence-corrected chi connectivity index (χ1v) is 7.19. The van der Waals surface area contributed by atoms with Crippen molar-refractivity contribution in [3.63, 3.8) is 0 Å². The van der Waals surface area contributed by atoms with E-state index in [9.17, 15) is 4.79 Å². The summed E-state index contributed by atoms with van der Waals surface area (Å²) in [7, 11) is 1.67. The average molecular weight is 259 g/mol. The van der Waals surface area contributed by atoms with Gasteiger partial charge in [0, 0.05) is 13.1 Å². The maximum Gasteiger partial charge on any atom is 0.230 e. The number of carbonyl (C=O) groups excluding carboxylic acids is 1. The fraction of sp³-hybridized carbons (Fsp3) is 0.562. The molecule has 3 rings (SSSR count). The SMILES string of the molecule is COc1ccc2c(c1)C(C(=O)N1CCCCC1)C2C. The molecule has 0 saturated carbocycles. The summed E-state index contributed by atoms with van der Waals surface area (Å²) >= 11 is 0. The lowest BCUT2D eigenvalue weighted by Crippen LogP contribution is -2.43. The lowest BCUT2D eigenvalue weighted by Gasteiger charge is -2.40. The van der Waals surface area contributed by atoms with E-state index in [1.165, 1.54) is 17.5 Å². The van der Waals surface area contributed by atoms with Crippen molar-refractivity contribution in [3.05, 3.63) is 29.3 Å². The summed E-state index contributed by atoms with van der Waals surface area (Å²) in [6, 6.07) is 6.11. The highest BCUT2D eigenvalue weighted by atomic mass is 16.5. The van der Waals surface area contributed by atoms with E-state index in [1.54, 1.807) is 7.11 Å². The standard InChI is InChI=1S/C16H21NO2/c1-11-13-7-6-12(19-2)10-14(13)15(11)16(18)17-8-4-3-5-9-17/h6-7,10-11,15H,3-5,8-9H2,1-2H3. The molecule has 19 heavy (non-hydrogen) atoms. The molecule has 1 heterocycles. The van der Waals surface area contributed by atoms with Gasteiger partial charge < -0.3 is 9.64 Å². The van der Waals surface area contributed by atoms with E-state index in [0.717, 1.165) is 31.7 Å². The van der Waals surface area contributed by atoms with Gasteiger partial charge in [0.15, 0.2) is 0 Å². The Morgan fingerprint density at radius 1 is 1.21 bits per heavy atom. The lowest BCUT2D eigenvalue weighted by atomic mass is 9.68. The highest BCUT2D eigenvalue weighted by Crippen LogP contribution is 2.48. The minimum absolute atomic E-state index is 0.0446. The Bertz CT molecular complexity index is 492. The number of likely N-dealkylation sites (tertiary alicyclic amines) is 1. The zero-order valence-electron chi connectivity index (χ0n) is 11.7. The predicted octanol–water partition coefficient (Wildman–Crippen LogP) is 2.91. The van der Waals surface area contributed by atoms with E-state index in [4.69, 9.17) is 4.74 Å². The zero-order valence-corrected chi connectivity index (χ0v) is 11.7. The fourth-order valence-electron chi connectivity index (χ4n) is 3.37. The van der Waals surface area contributed by atoms with Crippen molar-refractivity contribution in [1.29, 1.82) is 0 Å². The number of rotatable bonds is 2. The van der Waals surface area contributed by atoms with Crippen LogP contribution in [0.4, 0.5) is 0 Å².